The Labute approximate surface area is 279 Å². The third-order valence-corrected chi connectivity index (χ3v) is 11.7. The zero-order valence-electron chi connectivity index (χ0n) is 27.3. The molecule has 0 saturated heterocycles. The van der Waals surface area contributed by atoms with Gasteiger partial charge in [0.2, 0.25) is 5.54 Å². The molecule has 246 valence electrons. The molecule has 7 rings (SSSR count). The van der Waals surface area contributed by atoms with Crippen molar-refractivity contribution in [2.45, 2.75) is 101 Å². The van der Waals surface area contributed by atoms with E-state index < -0.39 is 16.7 Å². The fourth-order valence-corrected chi connectivity index (χ4v) is 8.38. The van der Waals surface area contributed by atoms with Gasteiger partial charge in [0, 0.05) is 64.4 Å². The molecule has 0 atom stereocenters. The van der Waals surface area contributed by atoms with Crippen molar-refractivity contribution in [1.29, 1.82) is 5.26 Å². The summed E-state index contributed by atoms with van der Waals surface area (Å²) in [6, 6.07) is 19.0. The molecule has 1 spiro atoms. The Balaban J connectivity index is 1.18. The maximum absolute atomic E-state index is 13.1. The monoisotopic (exact) mass is 645 g/mol. The average molecular weight is 646 g/mol. The first-order valence-corrected chi connectivity index (χ1v) is 16.8. The topological polar surface area (TPSA) is 156 Å². The number of rotatable bonds is 7. The third kappa shape index (κ3) is 5.21. The molecule has 0 aliphatic heterocycles. The van der Waals surface area contributed by atoms with E-state index in [0.717, 1.165) is 46.0 Å². The Bertz CT molecular complexity index is 1940. The lowest BCUT2D eigenvalue weighted by molar-refractivity contribution is -0.592. The molecule has 0 amide bonds. The summed E-state index contributed by atoms with van der Waals surface area (Å²) >= 11 is 0. The van der Waals surface area contributed by atoms with E-state index in [1.165, 1.54) is 6.20 Å². The van der Waals surface area contributed by atoms with E-state index in [1.807, 2.05) is 30.3 Å². The number of hydrogen-bond acceptors (Lipinski definition) is 8. The van der Waals surface area contributed by atoms with E-state index in [9.17, 15) is 30.6 Å². The van der Waals surface area contributed by atoms with Crippen LogP contribution in [-0.4, -0.2) is 24.9 Å². The summed E-state index contributed by atoms with van der Waals surface area (Å²) in [5.41, 5.74) is 2.17. The van der Waals surface area contributed by atoms with Gasteiger partial charge in [-0.3, -0.25) is 30.2 Å². The number of aliphatic hydroxyl groups is 1. The number of hydrogen-bond donors (Lipinski definition) is 1. The summed E-state index contributed by atoms with van der Waals surface area (Å²) in [4.78, 5) is 34.8. The summed E-state index contributed by atoms with van der Waals surface area (Å²) in [5, 5.41) is 46.3. The van der Waals surface area contributed by atoms with E-state index in [2.05, 4.69) is 11.1 Å². The lowest BCUT2D eigenvalue weighted by Gasteiger charge is -2.47. The zero-order valence-corrected chi connectivity index (χ0v) is 27.3. The molecule has 10 nitrogen and oxygen atoms in total. The molecule has 3 fully saturated rings. The van der Waals surface area contributed by atoms with Crippen LogP contribution in [0.1, 0.15) is 112 Å². The highest BCUT2D eigenvalue weighted by molar-refractivity contribution is 5.96. The standard InChI is InChI=1S/C38H39N5O5/c1-35(2,44)28-12-13-32(40-23-28)38(43(47)48)20-16-36(17-21-38)14-18-37(19-15-36,42(45)46)31-24-41-34-29(26-8-6-25(22-39)7-9-26)4-3-5-30(34)33(31)27-10-11-27/h3-9,12-13,23-24,27,44H,10-11,14-21H2,1-2H3. The molecule has 0 bridgehead atoms. The number of nitrogens with zero attached hydrogens (tertiary/aromatic N) is 5. The lowest BCUT2D eigenvalue weighted by Crippen LogP contribution is -2.48. The summed E-state index contributed by atoms with van der Waals surface area (Å²) in [6.45, 7) is 3.31. The van der Waals surface area contributed by atoms with Gasteiger partial charge in [0.25, 0.3) is 5.54 Å². The van der Waals surface area contributed by atoms with Crippen LogP contribution in [-0.2, 0) is 16.7 Å². The normalized spacial score (nSPS) is 25.9. The van der Waals surface area contributed by atoms with Crippen LogP contribution in [0, 0.1) is 37.0 Å². The van der Waals surface area contributed by atoms with Crippen LogP contribution >= 0.6 is 0 Å². The van der Waals surface area contributed by atoms with Gasteiger partial charge in [0.15, 0.2) is 0 Å². The largest absolute Gasteiger partial charge is 0.386 e. The minimum atomic E-state index is -1.31. The van der Waals surface area contributed by atoms with Gasteiger partial charge in [0.1, 0.15) is 5.69 Å². The molecule has 0 unspecified atom stereocenters. The second-order valence-corrected chi connectivity index (χ2v) is 14.8. The van der Waals surface area contributed by atoms with E-state index in [1.54, 1.807) is 44.3 Å². The Kier molecular flexibility index (Phi) is 7.59. The Morgan fingerprint density at radius 1 is 0.833 bits per heavy atom. The molecular weight excluding hydrogens is 606 g/mol. The number of para-hydroxylation sites is 1. The zero-order chi connectivity index (χ0) is 33.9. The predicted molar refractivity (Wildman–Crippen MR) is 180 cm³/mol. The van der Waals surface area contributed by atoms with Crippen molar-refractivity contribution >= 4 is 10.9 Å². The first kappa shape index (κ1) is 31.8. The van der Waals surface area contributed by atoms with Gasteiger partial charge >= 0.3 is 0 Å². The van der Waals surface area contributed by atoms with Crippen molar-refractivity contribution in [2.24, 2.45) is 5.41 Å². The number of aromatic nitrogens is 2. The van der Waals surface area contributed by atoms with Gasteiger partial charge in [-0.2, -0.15) is 5.26 Å². The van der Waals surface area contributed by atoms with Crippen molar-refractivity contribution in [3.63, 3.8) is 0 Å². The summed E-state index contributed by atoms with van der Waals surface area (Å²) in [7, 11) is 0. The molecule has 3 aliphatic carbocycles. The molecule has 2 aromatic carbocycles. The maximum atomic E-state index is 13.1. The molecule has 2 heterocycles. The van der Waals surface area contributed by atoms with Crippen molar-refractivity contribution < 1.29 is 15.0 Å². The number of fused-ring (bicyclic) bond motifs is 1. The molecule has 3 aliphatic rings. The van der Waals surface area contributed by atoms with Crippen molar-refractivity contribution in [3.05, 3.63) is 115 Å². The number of nitriles is 1. The molecule has 0 radical (unpaired) electrons. The first-order chi connectivity index (χ1) is 22.9. The predicted octanol–water partition coefficient (Wildman–Crippen LogP) is 8.05. The highest BCUT2D eigenvalue weighted by Gasteiger charge is 2.58. The Morgan fingerprint density at radius 3 is 1.98 bits per heavy atom. The van der Waals surface area contributed by atoms with Crippen molar-refractivity contribution in [3.8, 4) is 17.2 Å². The van der Waals surface area contributed by atoms with E-state index in [0.29, 0.717) is 68.2 Å². The van der Waals surface area contributed by atoms with Crippen LogP contribution < -0.4 is 0 Å². The molecule has 10 heteroatoms. The molecule has 4 aromatic rings. The minimum absolute atomic E-state index is 0.0860. The summed E-state index contributed by atoms with van der Waals surface area (Å²) < 4.78 is 0. The van der Waals surface area contributed by atoms with Crippen LogP contribution in [0.4, 0.5) is 0 Å². The van der Waals surface area contributed by atoms with Crippen LogP contribution in [0.5, 0.6) is 0 Å². The van der Waals surface area contributed by atoms with E-state index in [-0.39, 0.29) is 21.2 Å². The lowest BCUT2D eigenvalue weighted by atomic mass is 9.57. The van der Waals surface area contributed by atoms with Gasteiger partial charge in [-0.15, -0.1) is 0 Å². The van der Waals surface area contributed by atoms with Crippen LogP contribution in [0.25, 0.3) is 22.0 Å². The van der Waals surface area contributed by atoms with Crippen LogP contribution in [0.2, 0.25) is 0 Å². The highest BCUT2D eigenvalue weighted by Crippen LogP contribution is 2.59. The second kappa shape index (κ2) is 11.4. The third-order valence-electron chi connectivity index (χ3n) is 11.7. The SMILES string of the molecule is CC(C)(O)c1ccc(C2([N+](=O)[O-])CCC3(CC2)CCC(c2cnc4c(-c5ccc(C#N)cc5)cccc4c2C2CC2)([N+](=O)[O-])CC3)nc1. The summed E-state index contributed by atoms with van der Waals surface area (Å²) in [5.74, 6) is 0.250. The Morgan fingerprint density at radius 2 is 1.46 bits per heavy atom. The Hall–Kier alpha value is -4.75. The van der Waals surface area contributed by atoms with Crippen molar-refractivity contribution in [1.82, 2.24) is 9.97 Å². The maximum Gasteiger partial charge on any atom is 0.263 e. The minimum Gasteiger partial charge on any atom is -0.386 e. The molecule has 1 N–H and O–H groups in total. The molecular formula is C38H39N5O5. The van der Waals surface area contributed by atoms with Crippen LogP contribution in [0.3, 0.4) is 0 Å². The number of benzene rings is 2. The van der Waals surface area contributed by atoms with Gasteiger partial charge < -0.3 is 5.11 Å². The van der Waals surface area contributed by atoms with E-state index in [4.69, 9.17) is 4.98 Å². The van der Waals surface area contributed by atoms with Crippen LogP contribution in [0.15, 0.2) is 67.0 Å². The fraction of sp³-hybridized carbons (Fsp3) is 0.447. The smallest absolute Gasteiger partial charge is 0.263 e. The van der Waals surface area contributed by atoms with Gasteiger partial charge in [-0.25, -0.2) is 0 Å². The second-order valence-electron chi connectivity index (χ2n) is 14.8. The summed E-state index contributed by atoms with van der Waals surface area (Å²) in [6.07, 6.45) is 9.10. The fourth-order valence-electron chi connectivity index (χ4n) is 8.38. The molecule has 2 aromatic heterocycles. The molecule has 48 heavy (non-hydrogen) atoms. The van der Waals surface area contributed by atoms with Crippen molar-refractivity contribution in [2.75, 3.05) is 0 Å². The quantitative estimate of drug-likeness (QED) is 0.156. The number of nitro groups is 2. The molecule has 3 saturated carbocycles. The van der Waals surface area contributed by atoms with Gasteiger partial charge in [-0.05, 0) is 93.0 Å². The highest BCUT2D eigenvalue weighted by atomic mass is 16.6. The first-order valence-electron chi connectivity index (χ1n) is 16.8. The average Bonchev–Trinajstić information content (AvgIpc) is 3.94. The number of pyridine rings is 2. The van der Waals surface area contributed by atoms with E-state index >= 15 is 0 Å². The van der Waals surface area contributed by atoms with Gasteiger partial charge in [0.05, 0.1) is 28.3 Å². The van der Waals surface area contributed by atoms with Gasteiger partial charge in [-0.1, -0.05) is 36.4 Å².